The van der Waals surface area contributed by atoms with Gasteiger partial charge in [0.05, 0.1) is 18.2 Å². The minimum Gasteiger partial charge on any atom is -0.506 e. The number of esters is 1. The number of carbonyl (C=O) groups is 1. The lowest BCUT2D eigenvalue weighted by molar-refractivity contribution is 0.0602. The summed E-state index contributed by atoms with van der Waals surface area (Å²) in [7, 11) is 1.32. The quantitative estimate of drug-likeness (QED) is 0.743. The van der Waals surface area contributed by atoms with Gasteiger partial charge in [0.2, 0.25) is 0 Å². The average molecular weight is 322 g/mol. The molecule has 5 heteroatoms. The van der Waals surface area contributed by atoms with Gasteiger partial charge in [0, 0.05) is 28.4 Å². The van der Waals surface area contributed by atoms with Gasteiger partial charge < -0.3 is 14.4 Å². The van der Waals surface area contributed by atoms with E-state index < -0.39 is 5.97 Å². The molecule has 0 fully saturated rings. The number of nitriles is 1. The lowest BCUT2D eigenvalue weighted by Crippen LogP contribution is -2.05. The number of phenolic OH excluding ortho intramolecular Hbond substituents is 1. The number of benzene rings is 2. The lowest BCUT2D eigenvalue weighted by Gasteiger charge is -2.10. The predicted octanol–water partition coefficient (Wildman–Crippen LogP) is 3.88. The topological polar surface area (TPSA) is 75.2 Å². The number of nitrogens with zero attached hydrogens (tertiary/aromatic N) is 2. The van der Waals surface area contributed by atoms with Crippen LogP contribution in [0.15, 0.2) is 24.3 Å². The number of hydrogen-bond acceptors (Lipinski definition) is 4. The zero-order valence-electron chi connectivity index (χ0n) is 13.9. The van der Waals surface area contributed by atoms with Gasteiger partial charge in [0.1, 0.15) is 17.4 Å². The van der Waals surface area contributed by atoms with Gasteiger partial charge in [-0.15, -0.1) is 0 Å². The fraction of sp³-hybridized carbons (Fsp3) is 0.263. The van der Waals surface area contributed by atoms with E-state index in [2.05, 4.69) is 13.0 Å². The lowest BCUT2D eigenvalue weighted by atomic mass is 9.98. The summed E-state index contributed by atoms with van der Waals surface area (Å²) in [6, 6.07) is 9.43. The van der Waals surface area contributed by atoms with Crippen molar-refractivity contribution in [1.82, 2.24) is 4.57 Å². The van der Waals surface area contributed by atoms with Crippen LogP contribution in [0.4, 0.5) is 0 Å². The van der Waals surface area contributed by atoms with Crippen LogP contribution in [0.1, 0.15) is 35.0 Å². The summed E-state index contributed by atoms with van der Waals surface area (Å²) in [5.74, 6) is -0.599. The molecule has 3 rings (SSSR count). The molecule has 1 heterocycles. The van der Waals surface area contributed by atoms with Crippen LogP contribution in [0, 0.1) is 18.3 Å². The molecule has 0 saturated heterocycles. The Bertz CT molecular complexity index is 1010. The first-order valence-electron chi connectivity index (χ1n) is 7.81. The SMILES string of the molecule is CCCn1c(C)c(C(=O)OC)c2c(C#N)c(O)c3ccccc3c21. The van der Waals surface area contributed by atoms with Gasteiger partial charge in [0.15, 0.2) is 0 Å². The zero-order chi connectivity index (χ0) is 17.4. The van der Waals surface area contributed by atoms with Crippen molar-refractivity contribution in [3.05, 3.63) is 41.1 Å². The first kappa shape index (κ1) is 15.9. The van der Waals surface area contributed by atoms with Crippen molar-refractivity contribution in [2.45, 2.75) is 26.8 Å². The van der Waals surface area contributed by atoms with Gasteiger partial charge >= 0.3 is 5.97 Å². The van der Waals surface area contributed by atoms with Gasteiger partial charge in [-0.3, -0.25) is 0 Å². The van der Waals surface area contributed by atoms with Gasteiger partial charge in [0.25, 0.3) is 0 Å². The number of aromatic hydroxyl groups is 1. The van der Waals surface area contributed by atoms with Gasteiger partial charge in [-0.05, 0) is 13.3 Å². The molecular weight excluding hydrogens is 304 g/mol. The van der Waals surface area contributed by atoms with Gasteiger partial charge in [-0.2, -0.15) is 5.26 Å². The van der Waals surface area contributed by atoms with Crippen LogP contribution < -0.4 is 0 Å². The largest absolute Gasteiger partial charge is 0.506 e. The number of phenols is 1. The Morgan fingerprint density at radius 2 is 2.00 bits per heavy atom. The van der Waals surface area contributed by atoms with E-state index in [4.69, 9.17) is 4.74 Å². The van der Waals surface area contributed by atoms with Crippen LogP contribution >= 0.6 is 0 Å². The Balaban J connectivity index is 2.67. The van der Waals surface area contributed by atoms with Crippen molar-refractivity contribution < 1.29 is 14.6 Å². The maximum atomic E-state index is 12.4. The van der Waals surface area contributed by atoms with Crippen molar-refractivity contribution in [3.63, 3.8) is 0 Å². The molecule has 0 unspecified atom stereocenters. The van der Waals surface area contributed by atoms with E-state index in [0.29, 0.717) is 22.9 Å². The number of methoxy groups -OCH3 is 1. The summed E-state index contributed by atoms with van der Waals surface area (Å²) in [5, 5.41) is 22.1. The van der Waals surface area contributed by atoms with E-state index in [-0.39, 0.29) is 11.3 Å². The van der Waals surface area contributed by atoms with E-state index in [0.717, 1.165) is 23.0 Å². The smallest absolute Gasteiger partial charge is 0.340 e. The summed E-state index contributed by atoms with van der Waals surface area (Å²) in [4.78, 5) is 12.4. The maximum absolute atomic E-state index is 12.4. The number of aryl methyl sites for hydroxylation is 1. The Morgan fingerprint density at radius 3 is 2.58 bits per heavy atom. The molecule has 0 amide bonds. The van der Waals surface area contributed by atoms with Crippen molar-refractivity contribution in [2.75, 3.05) is 7.11 Å². The number of fused-ring (bicyclic) bond motifs is 3. The van der Waals surface area contributed by atoms with E-state index in [1.165, 1.54) is 7.11 Å². The third kappa shape index (κ3) is 2.04. The Morgan fingerprint density at radius 1 is 1.33 bits per heavy atom. The fourth-order valence-corrected chi connectivity index (χ4v) is 3.37. The standard InChI is InChI=1S/C19H18N2O3/c1-4-9-21-11(2)15(19(23)24-3)16-14(10-20)18(22)13-8-6-5-7-12(13)17(16)21/h5-8,22H,4,9H2,1-3H3. The molecule has 0 saturated carbocycles. The highest BCUT2D eigenvalue weighted by atomic mass is 16.5. The number of aromatic nitrogens is 1. The van der Waals surface area contributed by atoms with Crippen molar-refractivity contribution in [3.8, 4) is 11.8 Å². The monoisotopic (exact) mass is 322 g/mol. The summed E-state index contributed by atoms with van der Waals surface area (Å²) >= 11 is 0. The highest BCUT2D eigenvalue weighted by Gasteiger charge is 2.27. The average Bonchev–Trinajstić information content (AvgIpc) is 2.88. The summed E-state index contributed by atoms with van der Waals surface area (Å²) < 4.78 is 6.96. The van der Waals surface area contributed by atoms with E-state index in [1.54, 1.807) is 6.07 Å². The van der Waals surface area contributed by atoms with Crippen LogP contribution in [0.5, 0.6) is 5.75 Å². The summed E-state index contributed by atoms with van der Waals surface area (Å²) in [6.07, 6.45) is 0.877. The molecule has 0 atom stereocenters. The zero-order valence-corrected chi connectivity index (χ0v) is 13.9. The molecule has 3 aromatic rings. The molecule has 0 aliphatic carbocycles. The third-order valence-corrected chi connectivity index (χ3v) is 4.40. The summed E-state index contributed by atoms with van der Waals surface area (Å²) in [6.45, 7) is 4.60. The van der Waals surface area contributed by atoms with Crippen LogP contribution in [0.3, 0.4) is 0 Å². The predicted molar refractivity (Wildman–Crippen MR) is 92.2 cm³/mol. The van der Waals surface area contributed by atoms with E-state index in [9.17, 15) is 15.2 Å². The highest BCUT2D eigenvalue weighted by Crippen LogP contribution is 2.41. The summed E-state index contributed by atoms with van der Waals surface area (Å²) in [5.41, 5.74) is 1.99. The van der Waals surface area contributed by atoms with E-state index in [1.807, 2.05) is 29.7 Å². The molecular formula is C19H18N2O3. The number of rotatable bonds is 3. The minimum absolute atomic E-state index is 0.0978. The van der Waals surface area contributed by atoms with Gasteiger partial charge in [-0.1, -0.05) is 31.2 Å². The number of hydrogen-bond donors (Lipinski definition) is 1. The van der Waals surface area contributed by atoms with Crippen LogP contribution in [-0.2, 0) is 11.3 Å². The molecule has 0 aliphatic heterocycles. The number of ether oxygens (including phenoxy) is 1. The van der Waals surface area contributed by atoms with Crippen LogP contribution in [0.25, 0.3) is 21.7 Å². The normalized spacial score (nSPS) is 10.9. The number of carbonyl (C=O) groups excluding carboxylic acids is 1. The molecule has 5 nitrogen and oxygen atoms in total. The van der Waals surface area contributed by atoms with Crippen molar-refractivity contribution in [2.24, 2.45) is 0 Å². The van der Waals surface area contributed by atoms with Crippen molar-refractivity contribution in [1.29, 1.82) is 5.26 Å². The molecule has 24 heavy (non-hydrogen) atoms. The second kappa shape index (κ2) is 5.89. The Labute approximate surface area is 139 Å². The van der Waals surface area contributed by atoms with E-state index >= 15 is 0 Å². The van der Waals surface area contributed by atoms with Crippen LogP contribution in [0.2, 0.25) is 0 Å². The second-order valence-electron chi connectivity index (χ2n) is 5.71. The molecule has 1 N–H and O–H groups in total. The molecule has 0 bridgehead atoms. The molecule has 2 aromatic carbocycles. The minimum atomic E-state index is -0.501. The highest BCUT2D eigenvalue weighted by molar-refractivity contribution is 6.18. The van der Waals surface area contributed by atoms with Gasteiger partial charge in [-0.25, -0.2) is 4.79 Å². The van der Waals surface area contributed by atoms with Crippen LogP contribution in [-0.4, -0.2) is 22.8 Å². The molecule has 1 aromatic heterocycles. The first-order valence-corrected chi connectivity index (χ1v) is 7.81. The second-order valence-corrected chi connectivity index (χ2v) is 5.71. The molecule has 0 radical (unpaired) electrons. The van der Waals surface area contributed by atoms with Crippen molar-refractivity contribution >= 4 is 27.6 Å². The molecule has 0 aliphatic rings. The first-order chi connectivity index (χ1) is 11.6. The molecule has 122 valence electrons. The molecule has 0 spiro atoms. The Hall–Kier alpha value is -3.00. The Kier molecular flexibility index (Phi) is 3.90. The fourth-order valence-electron chi connectivity index (χ4n) is 3.37. The maximum Gasteiger partial charge on any atom is 0.340 e. The third-order valence-electron chi connectivity index (χ3n) is 4.40.